The Morgan fingerprint density at radius 3 is 2.60 bits per heavy atom. The summed E-state index contributed by atoms with van der Waals surface area (Å²) in [7, 11) is 0. The summed E-state index contributed by atoms with van der Waals surface area (Å²) in [6.07, 6.45) is -1.41. The second-order valence-corrected chi connectivity index (χ2v) is 8.45. The van der Waals surface area contributed by atoms with Gasteiger partial charge in [0.25, 0.3) is 0 Å². The lowest BCUT2D eigenvalue weighted by Gasteiger charge is -2.18. The number of amidine groups is 1. The number of nitrogens with zero attached hydrogens (tertiary/aromatic N) is 5. The van der Waals surface area contributed by atoms with Gasteiger partial charge in [-0.15, -0.1) is 0 Å². The van der Waals surface area contributed by atoms with Crippen molar-refractivity contribution in [3.63, 3.8) is 0 Å². The van der Waals surface area contributed by atoms with E-state index >= 15 is 0 Å². The van der Waals surface area contributed by atoms with Gasteiger partial charge in [0.1, 0.15) is 11.5 Å². The first-order chi connectivity index (χ1) is 16.4. The van der Waals surface area contributed by atoms with Crippen LogP contribution in [-0.4, -0.2) is 37.7 Å². The average Bonchev–Trinajstić information content (AvgIpc) is 3.35. The topological polar surface area (TPSA) is 88.8 Å². The molecular weight excluding hydrogens is 490 g/mol. The van der Waals surface area contributed by atoms with E-state index < -0.39 is 28.9 Å². The van der Waals surface area contributed by atoms with E-state index in [4.69, 9.17) is 16.1 Å². The van der Waals surface area contributed by atoms with Crippen LogP contribution in [-0.2, 0) is 12.7 Å². The van der Waals surface area contributed by atoms with Gasteiger partial charge in [0, 0.05) is 19.0 Å². The van der Waals surface area contributed by atoms with Crippen LogP contribution >= 0.6 is 11.6 Å². The third-order valence-corrected chi connectivity index (χ3v) is 5.18. The number of rotatable bonds is 7. The quantitative estimate of drug-likeness (QED) is 0.234. The summed E-state index contributed by atoms with van der Waals surface area (Å²) >= 11 is 6.20. The maximum atomic E-state index is 14.8. The van der Waals surface area contributed by atoms with Crippen LogP contribution in [0.2, 0.25) is 5.02 Å². The monoisotopic (exact) mass is 511 g/mol. The van der Waals surface area contributed by atoms with E-state index in [0.29, 0.717) is 0 Å². The first kappa shape index (κ1) is 26.3. The van der Waals surface area contributed by atoms with Gasteiger partial charge in [0.2, 0.25) is 0 Å². The van der Waals surface area contributed by atoms with Crippen molar-refractivity contribution in [2.75, 3.05) is 0 Å². The highest BCUT2D eigenvalue weighted by Gasteiger charge is 2.41. The van der Waals surface area contributed by atoms with Crippen LogP contribution in [0.3, 0.4) is 0 Å². The molecule has 0 bridgehead atoms. The third kappa shape index (κ3) is 5.68. The van der Waals surface area contributed by atoms with E-state index in [2.05, 4.69) is 26.8 Å². The van der Waals surface area contributed by atoms with Crippen LogP contribution in [0, 0.1) is 5.82 Å². The number of aliphatic hydroxyl groups is 1. The normalized spacial score (nSPS) is 13.1. The van der Waals surface area contributed by atoms with Gasteiger partial charge >= 0.3 is 6.18 Å². The molecule has 7 nitrogen and oxygen atoms in total. The largest absolute Gasteiger partial charge is 0.433 e. The van der Waals surface area contributed by atoms with Gasteiger partial charge in [-0.25, -0.2) is 14.4 Å². The molecule has 0 saturated carbocycles. The molecule has 3 aromatic rings. The van der Waals surface area contributed by atoms with Crippen LogP contribution < -0.4 is 0 Å². The zero-order valence-corrected chi connectivity index (χ0v) is 19.8. The second-order valence-electron chi connectivity index (χ2n) is 8.04. The van der Waals surface area contributed by atoms with Crippen molar-refractivity contribution in [3.8, 4) is 22.6 Å². The van der Waals surface area contributed by atoms with E-state index in [-0.39, 0.29) is 46.4 Å². The minimum absolute atomic E-state index is 0.000152. The van der Waals surface area contributed by atoms with E-state index in [1.165, 1.54) is 32.2 Å². The molecule has 3 rings (SSSR count). The fourth-order valence-corrected chi connectivity index (χ4v) is 3.60. The van der Waals surface area contributed by atoms with Gasteiger partial charge in [0.05, 0.1) is 33.5 Å². The highest BCUT2D eigenvalue weighted by atomic mass is 35.5. The molecule has 0 fully saturated rings. The summed E-state index contributed by atoms with van der Waals surface area (Å²) in [4.78, 5) is 8.13. The third-order valence-electron chi connectivity index (χ3n) is 4.87. The molecule has 12 heteroatoms. The van der Waals surface area contributed by atoms with Crippen molar-refractivity contribution in [3.05, 3.63) is 59.3 Å². The average molecular weight is 512 g/mol. The summed E-state index contributed by atoms with van der Waals surface area (Å²) in [5.41, 5.74) is -3.32. The van der Waals surface area contributed by atoms with Gasteiger partial charge in [-0.3, -0.25) is 4.68 Å². The molecule has 2 heterocycles. The lowest BCUT2D eigenvalue weighted by Crippen LogP contribution is -2.24. The maximum Gasteiger partial charge on any atom is 0.433 e. The summed E-state index contributed by atoms with van der Waals surface area (Å²) in [6, 6.07) is 3.91. The van der Waals surface area contributed by atoms with E-state index in [1.807, 2.05) is 0 Å². The fraction of sp³-hybridized carbons (Fsp3) is 0.304. The second kappa shape index (κ2) is 10.1. The maximum absolute atomic E-state index is 14.8. The molecule has 0 amide bonds. The van der Waals surface area contributed by atoms with E-state index in [9.17, 15) is 22.7 Å². The van der Waals surface area contributed by atoms with Gasteiger partial charge in [0.15, 0.2) is 17.3 Å². The Morgan fingerprint density at radius 1 is 1.31 bits per heavy atom. The Labute approximate surface area is 203 Å². The number of aromatic nitrogens is 3. The molecular formula is C23H22ClF4N5O2. The van der Waals surface area contributed by atoms with Crippen LogP contribution in [0.4, 0.5) is 17.6 Å². The predicted molar refractivity (Wildman–Crippen MR) is 125 cm³/mol. The molecule has 2 aromatic heterocycles. The number of aryl methyl sites for hydroxylation is 1. The Bertz CT molecular complexity index is 1270. The molecule has 1 aromatic carbocycles. The fourth-order valence-electron chi connectivity index (χ4n) is 3.35. The molecule has 0 aliphatic carbocycles. The zero-order chi connectivity index (χ0) is 26.0. The van der Waals surface area contributed by atoms with Crippen molar-refractivity contribution in [1.82, 2.24) is 14.9 Å². The number of alkyl halides is 3. The summed E-state index contributed by atoms with van der Waals surface area (Å²) in [5, 5.41) is 17.7. The lowest BCUT2D eigenvalue weighted by atomic mass is 10.0. The molecule has 0 atom stereocenters. The van der Waals surface area contributed by atoms with Gasteiger partial charge in [-0.2, -0.15) is 18.3 Å². The Balaban J connectivity index is 2.34. The van der Waals surface area contributed by atoms with Gasteiger partial charge < -0.3 is 9.63 Å². The number of hydrogen-bond donors (Lipinski definition) is 1. The molecule has 1 N–H and O–H groups in total. The van der Waals surface area contributed by atoms with E-state index in [0.717, 1.165) is 23.1 Å². The minimum atomic E-state index is -4.85. The summed E-state index contributed by atoms with van der Waals surface area (Å²) < 4.78 is 63.4. The van der Waals surface area contributed by atoms with Crippen LogP contribution in [0.25, 0.3) is 22.6 Å². The Kier molecular flexibility index (Phi) is 7.61. The highest BCUT2D eigenvalue weighted by molar-refractivity contribution is 6.33. The van der Waals surface area contributed by atoms with Crippen LogP contribution in [0.15, 0.2) is 51.7 Å². The van der Waals surface area contributed by atoms with E-state index in [1.54, 1.807) is 6.92 Å². The number of hydrogen-bond acceptors (Lipinski definition) is 5. The van der Waals surface area contributed by atoms with Crippen molar-refractivity contribution in [2.45, 2.75) is 45.5 Å². The van der Waals surface area contributed by atoms with Gasteiger partial charge in [-0.05, 0) is 39.3 Å². The Hall–Kier alpha value is -3.31. The summed E-state index contributed by atoms with van der Waals surface area (Å²) in [5.74, 6) is -1.27. The SMILES string of the molecule is C=CN=C(N=CC)c1c(-c2c(F)cccc2Cl)noc1-c1cnn(CCC(C)(C)O)c1C(F)(F)F. The Morgan fingerprint density at radius 2 is 2.03 bits per heavy atom. The first-order valence-electron chi connectivity index (χ1n) is 10.4. The van der Waals surface area contributed by atoms with Crippen molar-refractivity contribution < 1.29 is 27.2 Å². The summed E-state index contributed by atoms with van der Waals surface area (Å²) in [6.45, 7) is 7.80. The van der Waals surface area contributed by atoms with Crippen LogP contribution in [0.5, 0.6) is 0 Å². The molecule has 186 valence electrons. The molecule has 0 aliphatic heterocycles. The zero-order valence-electron chi connectivity index (χ0n) is 19.1. The van der Waals surface area contributed by atoms with Crippen LogP contribution in [0.1, 0.15) is 38.4 Å². The smallest absolute Gasteiger partial charge is 0.390 e. The highest BCUT2D eigenvalue weighted by Crippen LogP contribution is 2.42. The molecule has 0 saturated heterocycles. The molecule has 35 heavy (non-hydrogen) atoms. The molecule has 0 spiro atoms. The first-order valence-corrected chi connectivity index (χ1v) is 10.7. The minimum Gasteiger partial charge on any atom is -0.390 e. The standard InChI is InChI=1S/C23H22ClF4N5O2/c1-5-29-21(30-6-2)17-18(16-14(24)8-7-9-15(16)25)32-35-19(17)13-12-31-33(11-10-22(3,4)34)20(13)23(26,27)28/h5-9,12,34H,1,10-11H2,2-4H3. The number of aliphatic imine (C=N–C) groups is 2. The molecule has 0 unspecified atom stereocenters. The lowest BCUT2D eigenvalue weighted by molar-refractivity contribution is -0.144. The number of halogens is 5. The molecule has 0 radical (unpaired) electrons. The van der Waals surface area contributed by atoms with Gasteiger partial charge in [-0.1, -0.05) is 29.4 Å². The molecule has 0 aliphatic rings. The van der Waals surface area contributed by atoms with Crippen molar-refractivity contribution in [2.24, 2.45) is 9.98 Å². The number of benzene rings is 1. The van der Waals surface area contributed by atoms with Crippen molar-refractivity contribution >= 4 is 23.7 Å². The predicted octanol–water partition coefficient (Wildman–Crippen LogP) is 6.16. The van der Waals surface area contributed by atoms with Crippen molar-refractivity contribution in [1.29, 1.82) is 0 Å².